The number of benzene rings is 7. The van der Waals surface area contributed by atoms with Crippen LogP contribution in [-0.2, 0) is 0 Å². The third kappa shape index (κ3) is 4.10. The lowest BCUT2D eigenvalue weighted by Crippen LogP contribution is -1.95. The van der Waals surface area contributed by atoms with E-state index in [4.69, 9.17) is 18.8 Å². The molecule has 0 N–H and O–H groups in total. The molecule has 48 heavy (non-hydrogen) atoms. The Kier molecular flexibility index (Phi) is 5.84. The maximum Gasteiger partial charge on any atom is 0.180 e. The number of furan rings is 2. The van der Waals surface area contributed by atoms with E-state index in [1.165, 1.54) is 5.56 Å². The van der Waals surface area contributed by atoms with Gasteiger partial charge in [0, 0.05) is 32.7 Å². The predicted octanol–water partition coefficient (Wildman–Crippen LogP) is 12.1. The summed E-state index contributed by atoms with van der Waals surface area (Å²) in [7, 11) is 0. The van der Waals surface area contributed by atoms with Crippen LogP contribution < -0.4 is 0 Å². The number of aromatic nitrogens is 2. The molecule has 0 aliphatic heterocycles. The minimum Gasteiger partial charge on any atom is -0.455 e. The Bertz CT molecular complexity index is 2810. The van der Waals surface area contributed by atoms with Crippen LogP contribution in [0.2, 0.25) is 0 Å². The fraction of sp³-hybridized carbons (Fsp3) is 0. The first-order valence-corrected chi connectivity index (χ1v) is 16.1. The molecule has 224 valence electrons. The summed E-state index contributed by atoms with van der Waals surface area (Å²) in [5.74, 6) is 0.640. The average Bonchev–Trinajstić information content (AvgIpc) is 3.74. The first-order valence-electron chi connectivity index (χ1n) is 16.1. The fourth-order valence-corrected chi connectivity index (χ4v) is 7.05. The van der Waals surface area contributed by atoms with Crippen LogP contribution in [0, 0.1) is 0 Å². The lowest BCUT2D eigenvalue weighted by Gasteiger charge is -2.10. The molecular formula is C44H26N2O2. The molecule has 0 atom stereocenters. The Morgan fingerprint density at radius 2 is 0.979 bits per heavy atom. The highest BCUT2D eigenvalue weighted by atomic mass is 16.3. The van der Waals surface area contributed by atoms with Gasteiger partial charge >= 0.3 is 0 Å². The van der Waals surface area contributed by atoms with Crippen molar-refractivity contribution in [2.24, 2.45) is 0 Å². The monoisotopic (exact) mass is 614 g/mol. The van der Waals surface area contributed by atoms with Crippen molar-refractivity contribution >= 4 is 54.8 Å². The van der Waals surface area contributed by atoms with Gasteiger partial charge in [0.25, 0.3) is 0 Å². The van der Waals surface area contributed by atoms with Crippen LogP contribution in [0.25, 0.3) is 99.7 Å². The minimum absolute atomic E-state index is 0.640. The Morgan fingerprint density at radius 3 is 1.77 bits per heavy atom. The molecule has 0 amide bonds. The Balaban J connectivity index is 1.27. The maximum absolute atomic E-state index is 6.62. The second-order valence-corrected chi connectivity index (χ2v) is 12.1. The lowest BCUT2D eigenvalue weighted by molar-refractivity contribution is 0.667. The summed E-state index contributed by atoms with van der Waals surface area (Å²) in [6, 6.07) is 54.4. The van der Waals surface area contributed by atoms with Crippen molar-refractivity contribution in [2.45, 2.75) is 0 Å². The van der Waals surface area contributed by atoms with E-state index in [9.17, 15) is 0 Å². The summed E-state index contributed by atoms with van der Waals surface area (Å²) in [5.41, 5.74) is 11.2. The van der Waals surface area contributed by atoms with Crippen molar-refractivity contribution in [3.63, 3.8) is 0 Å². The molecular weight excluding hydrogens is 588 g/mol. The molecule has 0 unspecified atom stereocenters. The Labute approximate surface area is 275 Å². The van der Waals surface area contributed by atoms with Gasteiger partial charge in [-0.3, -0.25) is 0 Å². The summed E-state index contributed by atoms with van der Waals surface area (Å²) in [5, 5.41) is 5.13. The molecule has 0 saturated heterocycles. The van der Waals surface area contributed by atoms with Gasteiger partial charge in [-0.25, -0.2) is 9.97 Å². The van der Waals surface area contributed by atoms with Crippen LogP contribution >= 0.6 is 0 Å². The number of rotatable bonds is 4. The van der Waals surface area contributed by atoms with Crippen molar-refractivity contribution in [3.8, 4) is 44.9 Å². The van der Waals surface area contributed by atoms with E-state index in [1.807, 2.05) is 36.4 Å². The van der Waals surface area contributed by atoms with Gasteiger partial charge in [-0.05, 0) is 51.9 Å². The standard InChI is InChI=1S/C44H26N2O2/c1-3-12-27(13-4-1)28-22-24-30(25-23-28)40-43-41(34-18-9-10-20-37(34)47-43)46-44(45-40)35-26-36-39-31(29-14-5-2-6-15-29)19-11-21-38(39)48-42(36)33-17-8-7-16-32(33)35/h1-26H. The molecule has 0 radical (unpaired) electrons. The SMILES string of the molecule is c1ccc(-c2ccc(-c3nc(-c4cc5c(oc6cccc(-c7ccccc7)c65)c5ccccc45)nc4c3oc3ccccc34)cc2)cc1. The first kappa shape index (κ1) is 26.7. The number of hydrogen-bond donors (Lipinski definition) is 0. The van der Waals surface area contributed by atoms with E-state index < -0.39 is 0 Å². The summed E-state index contributed by atoms with van der Waals surface area (Å²) >= 11 is 0. The molecule has 4 heteroatoms. The quantitative estimate of drug-likeness (QED) is 0.198. The molecule has 0 aliphatic rings. The van der Waals surface area contributed by atoms with Gasteiger partial charge < -0.3 is 8.83 Å². The molecule has 3 heterocycles. The van der Waals surface area contributed by atoms with Gasteiger partial charge in [-0.1, -0.05) is 133 Å². The maximum atomic E-state index is 6.62. The second-order valence-electron chi connectivity index (χ2n) is 12.1. The van der Waals surface area contributed by atoms with Crippen molar-refractivity contribution in [1.82, 2.24) is 9.97 Å². The Hall–Kier alpha value is -6.52. The van der Waals surface area contributed by atoms with Gasteiger partial charge in [0.05, 0.1) is 0 Å². The van der Waals surface area contributed by atoms with E-state index in [-0.39, 0.29) is 0 Å². The highest BCUT2D eigenvalue weighted by Crippen LogP contribution is 2.44. The van der Waals surface area contributed by atoms with Crippen molar-refractivity contribution < 1.29 is 8.83 Å². The molecule has 0 bridgehead atoms. The molecule has 10 rings (SSSR count). The minimum atomic E-state index is 0.640. The van der Waals surface area contributed by atoms with Gasteiger partial charge in [0.2, 0.25) is 0 Å². The summed E-state index contributed by atoms with van der Waals surface area (Å²) < 4.78 is 13.1. The van der Waals surface area contributed by atoms with Crippen molar-refractivity contribution in [1.29, 1.82) is 0 Å². The fourth-order valence-electron chi connectivity index (χ4n) is 7.05. The third-order valence-corrected chi connectivity index (χ3v) is 9.31. The van der Waals surface area contributed by atoms with Gasteiger partial charge in [0.1, 0.15) is 28.0 Å². The van der Waals surface area contributed by atoms with Crippen molar-refractivity contribution in [3.05, 3.63) is 158 Å². The molecule has 7 aromatic carbocycles. The number of para-hydroxylation sites is 1. The van der Waals surface area contributed by atoms with Crippen molar-refractivity contribution in [2.75, 3.05) is 0 Å². The van der Waals surface area contributed by atoms with Crippen LogP contribution in [0.5, 0.6) is 0 Å². The van der Waals surface area contributed by atoms with Gasteiger partial charge in [-0.2, -0.15) is 0 Å². The van der Waals surface area contributed by atoms with E-state index in [0.29, 0.717) is 11.4 Å². The third-order valence-electron chi connectivity index (χ3n) is 9.31. The largest absolute Gasteiger partial charge is 0.455 e. The molecule has 3 aromatic heterocycles. The van der Waals surface area contributed by atoms with E-state index in [0.717, 1.165) is 82.7 Å². The molecule has 0 spiro atoms. The highest BCUT2D eigenvalue weighted by molar-refractivity contribution is 6.22. The van der Waals surface area contributed by atoms with Crippen LogP contribution in [-0.4, -0.2) is 9.97 Å². The molecule has 0 aliphatic carbocycles. The van der Waals surface area contributed by atoms with Crippen LogP contribution in [0.3, 0.4) is 0 Å². The summed E-state index contributed by atoms with van der Waals surface area (Å²) in [4.78, 5) is 10.6. The van der Waals surface area contributed by atoms with Gasteiger partial charge in [0.15, 0.2) is 11.4 Å². The number of fused-ring (bicyclic) bond motifs is 8. The van der Waals surface area contributed by atoms with E-state index in [1.54, 1.807) is 0 Å². The zero-order valence-corrected chi connectivity index (χ0v) is 25.7. The molecule has 0 fully saturated rings. The summed E-state index contributed by atoms with van der Waals surface area (Å²) in [6.07, 6.45) is 0. The zero-order valence-electron chi connectivity index (χ0n) is 25.7. The lowest BCUT2D eigenvalue weighted by atomic mass is 9.95. The van der Waals surface area contributed by atoms with E-state index in [2.05, 4.69) is 121 Å². The van der Waals surface area contributed by atoms with Crippen LogP contribution in [0.4, 0.5) is 0 Å². The second kappa shape index (κ2) is 10.5. The number of hydrogen-bond acceptors (Lipinski definition) is 4. The van der Waals surface area contributed by atoms with Crippen LogP contribution in [0.15, 0.2) is 167 Å². The normalized spacial score (nSPS) is 11.8. The Morgan fingerprint density at radius 1 is 0.375 bits per heavy atom. The highest BCUT2D eigenvalue weighted by Gasteiger charge is 2.22. The average molecular weight is 615 g/mol. The first-order chi connectivity index (χ1) is 23.8. The molecule has 0 saturated carbocycles. The van der Waals surface area contributed by atoms with Crippen LogP contribution in [0.1, 0.15) is 0 Å². The summed E-state index contributed by atoms with van der Waals surface area (Å²) in [6.45, 7) is 0. The van der Waals surface area contributed by atoms with Gasteiger partial charge in [-0.15, -0.1) is 0 Å². The smallest absolute Gasteiger partial charge is 0.180 e. The molecule has 4 nitrogen and oxygen atoms in total. The number of nitrogens with zero attached hydrogens (tertiary/aromatic N) is 2. The zero-order chi connectivity index (χ0) is 31.6. The molecule has 10 aromatic rings. The van der Waals surface area contributed by atoms with E-state index >= 15 is 0 Å². The topological polar surface area (TPSA) is 52.1 Å². The predicted molar refractivity (Wildman–Crippen MR) is 196 cm³/mol.